The molecule has 0 spiro atoms. The lowest BCUT2D eigenvalue weighted by Crippen LogP contribution is -2.21. The van der Waals surface area contributed by atoms with Gasteiger partial charge in [-0.25, -0.2) is 0 Å². The Balaban J connectivity index is 1.73. The van der Waals surface area contributed by atoms with E-state index in [4.69, 9.17) is 0 Å². The third-order valence-electron chi connectivity index (χ3n) is 4.87. The van der Waals surface area contributed by atoms with Crippen molar-refractivity contribution in [3.8, 4) is 0 Å². The lowest BCUT2D eigenvalue weighted by atomic mass is 9.95. The van der Waals surface area contributed by atoms with Gasteiger partial charge in [0.25, 0.3) is 0 Å². The maximum Gasteiger partial charge on any atom is 0.231 e. The van der Waals surface area contributed by atoms with Crippen LogP contribution in [0.2, 0.25) is 0 Å². The first kappa shape index (κ1) is 16.6. The molecule has 1 atom stereocenters. The summed E-state index contributed by atoms with van der Waals surface area (Å²) in [4.78, 5) is 15.1. The van der Waals surface area contributed by atoms with E-state index in [1.54, 1.807) is 0 Å². The minimum atomic E-state index is -0.108. The second kappa shape index (κ2) is 7.52. The Hall–Kier alpha value is -2.29. The van der Waals surface area contributed by atoms with E-state index in [-0.39, 0.29) is 11.8 Å². The zero-order valence-electron chi connectivity index (χ0n) is 14.6. The van der Waals surface area contributed by atoms with Crippen LogP contribution in [-0.4, -0.2) is 19.0 Å². The first-order valence-electron chi connectivity index (χ1n) is 8.90. The molecular formula is C21H26N2O. The number of amides is 1. The van der Waals surface area contributed by atoms with Crippen LogP contribution < -0.4 is 10.2 Å². The van der Waals surface area contributed by atoms with Gasteiger partial charge >= 0.3 is 0 Å². The molecule has 2 aromatic carbocycles. The van der Waals surface area contributed by atoms with Gasteiger partial charge in [-0.15, -0.1) is 0 Å². The third-order valence-corrected chi connectivity index (χ3v) is 4.87. The first-order chi connectivity index (χ1) is 11.7. The number of hydrogen-bond donors (Lipinski definition) is 1. The number of hydrogen-bond acceptors (Lipinski definition) is 2. The molecule has 1 heterocycles. The van der Waals surface area contributed by atoms with Crippen LogP contribution in [0.4, 0.5) is 11.4 Å². The van der Waals surface area contributed by atoms with Gasteiger partial charge in [-0.2, -0.15) is 0 Å². The maximum absolute atomic E-state index is 12.7. The quantitative estimate of drug-likeness (QED) is 0.863. The molecule has 1 N–H and O–H groups in total. The van der Waals surface area contributed by atoms with Crippen LogP contribution in [0.5, 0.6) is 0 Å². The van der Waals surface area contributed by atoms with Crippen molar-refractivity contribution in [3.63, 3.8) is 0 Å². The van der Waals surface area contributed by atoms with Gasteiger partial charge in [-0.05, 0) is 55.5 Å². The van der Waals surface area contributed by atoms with E-state index in [1.807, 2.05) is 36.4 Å². The van der Waals surface area contributed by atoms with E-state index in [0.717, 1.165) is 36.3 Å². The molecule has 1 aliphatic rings. The average Bonchev–Trinajstić information content (AvgIpc) is 3.13. The van der Waals surface area contributed by atoms with Crippen molar-refractivity contribution >= 4 is 17.3 Å². The molecule has 1 amide bonds. The fraction of sp³-hybridized carbons (Fsp3) is 0.381. The van der Waals surface area contributed by atoms with E-state index in [2.05, 4.69) is 36.2 Å². The van der Waals surface area contributed by atoms with Crippen LogP contribution in [0.3, 0.4) is 0 Å². The van der Waals surface area contributed by atoms with Crippen LogP contribution in [-0.2, 0) is 4.79 Å². The summed E-state index contributed by atoms with van der Waals surface area (Å²) in [6, 6.07) is 16.4. The molecule has 0 saturated carbocycles. The molecular weight excluding hydrogens is 296 g/mol. The summed E-state index contributed by atoms with van der Waals surface area (Å²) in [6.45, 7) is 6.40. The first-order valence-corrected chi connectivity index (χ1v) is 8.90. The molecule has 0 aliphatic carbocycles. The van der Waals surface area contributed by atoms with Gasteiger partial charge < -0.3 is 10.2 Å². The van der Waals surface area contributed by atoms with Gasteiger partial charge in [0.2, 0.25) is 5.91 Å². The number of rotatable bonds is 5. The lowest BCUT2D eigenvalue weighted by molar-refractivity contribution is -0.117. The molecule has 1 fully saturated rings. The smallest absolute Gasteiger partial charge is 0.231 e. The maximum atomic E-state index is 12.7. The standard InChI is InChI=1S/C21H26N2O/c1-3-19(17-9-5-4-6-10-17)21(24)22-20-12-11-18(15-16(20)2)23-13-7-8-14-23/h4-6,9-12,15,19H,3,7-8,13-14H2,1-2H3,(H,22,24). The number of aryl methyl sites for hydroxylation is 1. The van der Waals surface area contributed by atoms with Gasteiger partial charge in [-0.3, -0.25) is 4.79 Å². The van der Waals surface area contributed by atoms with E-state index in [9.17, 15) is 4.79 Å². The summed E-state index contributed by atoms with van der Waals surface area (Å²) < 4.78 is 0. The van der Waals surface area contributed by atoms with Crippen molar-refractivity contribution in [1.29, 1.82) is 0 Å². The summed E-state index contributed by atoms with van der Waals surface area (Å²) >= 11 is 0. The number of carbonyl (C=O) groups excluding carboxylic acids is 1. The van der Waals surface area contributed by atoms with Crippen LogP contribution in [0.15, 0.2) is 48.5 Å². The molecule has 1 unspecified atom stereocenters. The Kier molecular flexibility index (Phi) is 5.19. The molecule has 0 aromatic heterocycles. The zero-order chi connectivity index (χ0) is 16.9. The van der Waals surface area contributed by atoms with Crippen molar-refractivity contribution in [1.82, 2.24) is 0 Å². The third kappa shape index (κ3) is 3.61. The largest absolute Gasteiger partial charge is 0.372 e. The van der Waals surface area contributed by atoms with Crippen molar-refractivity contribution in [2.45, 2.75) is 39.0 Å². The van der Waals surface area contributed by atoms with Gasteiger partial charge in [0.05, 0.1) is 5.92 Å². The number of carbonyl (C=O) groups is 1. The van der Waals surface area contributed by atoms with E-state index in [1.165, 1.54) is 18.5 Å². The van der Waals surface area contributed by atoms with E-state index in [0.29, 0.717) is 0 Å². The topological polar surface area (TPSA) is 32.3 Å². The second-order valence-electron chi connectivity index (χ2n) is 6.55. The van der Waals surface area contributed by atoms with Crippen LogP contribution in [0.1, 0.15) is 43.2 Å². The highest BCUT2D eigenvalue weighted by Gasteiger charge is 2.19. The molecule has 3 heteroatoms. The molecule has 3 rings (SSSR count). The minimum absolute atomic E-state index is 0.0701. The molecule has 0 radical (unpaired) electrons. The number of nitrogens with one attached hydrogen (secondary N) is 1. The van der Waals surface area contributed by atoms with Crippen LogP contribution in [0, 0.1) is 6.92 Å². The summed E-state index contributed by atoms with van der Waals surface area (Å²) in [7, 11) is 0. The lowest BCUT2D eigenvalue weighted by Gasteiger charge is -2.20. The summed E-state index contributed by atoms with van der Waals surface area (Å²) in [5, 5.41) is 3.12. The fourth-order valence-corrected chi connectivity index (χ4v) is 3.44. The molecule has 3 nitrogen and oxygen atoms in total. The Bertz CT molecular complexity index is 690. The molecule has 2 aromatic rings. The Labute approximate surface area is 144 Å². The highest BCUT2D eigenvalue weighted by atomic mass is 16.1. The summed E-state index contributed by atoms with van der Waals surface area (Å²) in [5.74, 6) is -0.0374. The monoisotopic (exact) mass is 322 g/mol. The van der Waals surface area contributed by atoms with Gasteiger partial charge in [0.15, 0.2) is 0 Å². The Morgan fingerprint density at radius 2 is 1.83 bits per heavy atom. The van der Waals surface area contributed by atoms with Crippen LogP contribution in [0.25, 0.3) is 0 Å². The number of nitrogens with zero attached hydrogens (tertiary/aromatic N) is 1. The summed E-state index contributed by atoms with van der Waals surface area (Å²) in [6.07, 6.45) is 3.33. The predicted molar refractivity (Wildman–Crippen MR) is 101 cm³/mol. The highest BCUT2D eigenvalue weighted by molar-refractivity contribution is 5.96. The van der Waals surface area contributed by atoms with E-state index >= 15 is 0 Å². The average molecular weight is 322 g/mol. The minimum Gasteiger partial charge on any atom is -0.372 e. The molecule has 126 valence electrons. The second-order valence-corrected chi connectivity index (χ2v) is 6.55. The number of benzene rings is 2. The van der Waals surface area contributed by atoms with Crippen LogP contribution >= 0.6 is 0 Å². The predicted octanol–water partition coefficient (Wildman–Crippen LogP) is 4.73. The van der Waals surface area contributed by atoms with Crippen molar-refractivity contribution in [2.24, 2.45) is 0 Å². The zero-order valence-corrected chi connectivity index (χ0v) is 14.6. The van der Waals surface area contributed by atoms with Gasteiger partial charge in [0.1, 0.15) is 0 Å². The Morgan fingerprint density at radius 1 is 1.12 bits per heavy atom. The molecule has 1 aliphatic heterocycles. The van der Waals surface area contributed by atoms with Crippen molar-refractivity contribution in [2.75, 3.05) is 23.3 Å². The fourth-order valence-electron chi connectivity index (χ4n) is 3.44. The molecule has 1 saturated heterocycles. The Morgan fingerprint density at radius 3 is 2.46 bits per heavy atom. The van der Waals surface area contributed by atoms with Gasteiger partial charge in [0, 0.05) is 24.5 Å². The molecule has 24 heavy (non-hydrogen) atoms. The summed E-state index contributed by atoms with van der Waals surface area (Å²) in [5.41, 5.74) is 4.37. The van der Waals surface area contributed by atoms with E-state index < -0.39 is 0 Å². The van der Waals surface area contributed by atoms with Crippen molar-refractivity contribution in [3.05, 3.63) is 59.7 Å². The van der Waals surface area contributed by atoms with Gasteiger partial charge in [-0.1, -0.05) is 37.3 Å². The molecule has 0 bridgehead atoms. The normalized spacial score (nSPS) is 15.3. The van der Waals surface area contributed by atoms with Crippen molar-refractivity contribution < 1.29 is 4.79 Å². The number of anilines is 2. The highest BCUT2D eigenvalue weighted by Crippen LogP contribution is 2.27. The SMILES string of the molecule is CCC(C(=O)Nc1ccc(N2CCCC2)cc1C)c1ccccc1.